The molecular weight excluding hydrogens is 486 g/mol. The lowest BCUT2D eigenvalue weighted by Gasteiger charge is -2.36. The average molecular weight is 526 g/mol. The van der Waals surface area contributed by atoms with E-state index in [9.17, 15) is 10.1 Å². The van der Waals surface area contributed by atoms with Gasteiger partial charge in [0.25, 0.3) is 0 Å². The van der Waals surface area contributed by atoms with Crippen LogP contribution in [0.15, 0.2) is 17.8 Å². The Morgan fingerprint density at radius 3 is 2.78 bits per heavy atom. The van der Waals surface area contributed by atoms with E-state index < -0.39 is 0 Å². The normalized spacial score (nSPS) is 18.4. The fraction of sp³-hybridized carbons (Fsp3) is 0.643. The van der Waals surface area contributed by atoms with Crippen molar-refractivity contribution in [3.05, 3.63) is 34.5 Å². The summed E-state index contributed by atoms with van der Waals surface area (Å²) in [6, 6.07) is 2.37. The van der Waals surface area contributed by atoms with E-state index in [-0.39, 0.29) is 17.1 Å². The number of nitrogens with zero attached hydrogens (tertiary/aromatic N) is 4. The number of amides is 1. The van der Waals surface area contributed by atoms with Crippen molar-refractivity contribution in [1.29, 1.82) is 5.26 Å². The van der Waals surface area contributed by atoms with Crippen molar-refractivity contribution in [3.63, 3.8) is 0 Å². The van der Waals surface area contributed by atoms with Gasteiger partial charge < -0.3 is 9.88 Å². The summed E-state index contributed by atoms with van der Waals surface area (Å²) in [7, 11) is 0. The summed E-state index contributed by atoms with van der Waals surface area (Å²) < 4.78 is 2.10. The van der Waals surface area contributed by atoms with Crippen LogP contribution in [0.2, 0.25) is 0 Å². The molecule has 0 bridgehead atoms. The van der Waals surface area contributed by atoms with Gasteiger partial charge in [-0.2, -0.15) is 5.26 Å². The number of aromatic nitrogens is 3. The minimum atomic E-state index is -0.109. The van der Waals surface area contributed by atoms with Gasteiger partial charge in [0.1, 0.15) is 16.9 Å². The lowest BCUT2D eigenvalue weighted by Crippen LogP contribution is -2.28. The smallest absolute Gasteiger partial charge is 0.235 e. The number of hydrogen-bond donors (Lipinski definition) is 1. The zero-order chi connectivity index (χ0) is 25.7. The first-order chi connectivity index (χ1) is 17.4. The number of hydrogen-bond acceptors (Lipinski definition) is 6. The molecule has 194 valence electrons. The van der Waals surface area contributed by atoms with Gasteiger partial charge >= 0.3 is 0 Å². The molecule has 0 aliphatic heterocycles. The third-order valence-corrected chi connectivity index (χ3v) is 10.4. The van der Waals surface area contributed by atoms with Crippen LogP contribution in [0.5, 0.6) is 0 Å². The molecule has 1 unspecified atom stereocenters. The minimum absolute atomic E-state index is 0.109. The Balaban J connectivity index is 1.40. The highest BCUT2D eigenvalue weighted by Gasteiger charge is 2.34. The second-order valence-electron chi connectivity index (χ2n) is 10.9. The lowest BCUT2D eigenvalue weighted by molar-refractivity contribution is -0.113. The number of rotatable bonds is 10. The molecule has 1 atom stereocenters. The number of nitriles is 1. The van der Waals surface area contributed by atoms with Gasteiger partial charge in [0.15, 0.2) is 5.16 Å². The number of thioether (sulfide) groups is 1. The second-order valence-corrected chi connectivity index (χ2v) is 13.0. The highest BCUT2D eigenvalue weighted by atomic mass is 32.2. The van der Waals surface area contributed by atoms with E-state index in [1.165, 1.54) is 48.7 Å². The van der Waals surface area contributed by atoms with Crippen LogP contribution in [0, 0.1) is 28.6 Å². The Kier molecular flexibility index (Phi) is 8.95. The van der Waals surface area contributed by atoms with Crippen LogP contribution < -0.4 is 5.32 Å². The SMILES string of the molecule is C=CCn1c(CC2CCCCC2)nnc1SCC(=O)Nc1sc2c(c1C#N)CCC(C(C)(C)CC)C2. The van der Waals surface area contributed by atoms with Crippen LogP contribution in [0.1, 0.15) is 87.5 Å². The Morgan fingerprint density at radius 1 is 1.31 bits per heavy atom. The highest BCUT2D eigenvalue weighted by Crippen LogP contribution is 2.45. The quantitative estimate of drug-likeness (QED) is 0.273. The van der Waals surface area contributed by atoms with Crippen molar-refractivity contribution < 1.29 is 4.79 Å². The molecule has 36 heavy (non-hydrogen) atoms. The van der Waals surface area contributed by atoms with Gasteiger partial charge in [-0.25, -0.2) is 0 Å². The largest absolute Gasteiger partial charge is 0.316 e. The molecule has 2 aliphatic rings. The monoisotopic (exact) mass is 525 g/mol. The molecule has 1 amide bonds. The summed E-state index contributed by atoms with van der Waals surface area (Å²) in [5.41, 5.74) is 2.09. The number of carbonyl (C=O) groups is 1. The van der Waals surface area contributed by atoms with E-state index in [2.05, 4.69) is 53.5 Å². The van der Waals surface area contributed by atoms with Gasteiger partial charge in [0.2, 0.25) is 5.91 Å². The first-order valence-electron chi connectivity index (χ1n) is 13.4. The fourth-order valence-corrected chi connectivity index (χ4v) is 7.64. The van der Waals surface area contributed by atoms with E-state index >= 15 is 0 Å². The number of fused-ring (bicyclic) bond motifs is 1. The number of carbonyl (C=O) groups excluding carboxylic acids is 1. The Bertz CT molecular complexity index is 1120. The van der Waals surface area contributed by atoms with Gasteiger partial charge in [0.05, 0.1) is 11.3 Å². The highest BCUT2D eigenvalue weighted by molar-refractivity contribution is 7.99. The Hall–Kier alpha value is -2.11. The molecule has 6 nitrogen and oxygen atoms in total. The van der Waals surface area contributed by atoms with E-state index in [1.807, 2.05) is 6.08 Å². The molecule has 0 saturated heterocycles. The lowest BCUT2D eigenvalue weighted by atomic mass is 9.69. The number of thiophene rings is 1. The molecule has 0 aromatic carbocycles. The van der Waals surface area contributed by atoms with Crippen LogP contribution in [0.3, 0.4) is 0 Å². The molecule has 8 heteroatoms. The third-order valence-electron chi connectivity index (χ3n) is 8.28. The third kappa shape index (κ3) is 6.06. The number of anilines is 1. The topological polar surface area (TPSA) is 83.6 Å². The molecule has 4 rings (SSSR count). The van der Waals surface area contributed by atoms with Gasteiger partial charge in [-0.3, -0.25) is 4.79 Å². The summed E-state index contributed by atoms with van der Waals surface area (Å²) in [6.07, 6.45) is 13.4. The van der Waals surface area contributed by atoms with E-state index in [1.54, 1.807) is 11.3 Å². The van der Waals surface area contributed by atoms with E-state index in [4.69, 9.17) is 0 Å². The second kappa shape index (κ2) is 12.0. The molecule has 2 aliphatic carbocycles. The fourth-order valence-electron chi connectivity index (χ4n) is 5.58. The van der Waals surface area contributed by atoms with Gasteiger partial charge in [-0.15, -0.1) is 28.1 Å². The zero-order valence-corrected chi connectivity index (χ0v) is 23.6. The van der Waals surface area contributed by atoms with Gasteiger partial charge in [0, 0.05) is 17.8 Å². The summed E-state index contributed by atoms with van der Waals surface area (Å²) in [5, 5.41) is 23.2. The van der Waals surface area contributed by atoms with Crippen molar-refractivity contribution in [2.75, 3.05) is 11.1 Å². The molecule has 2 heterocycles. The van der Waals surface area contributed by atoms with Crippen LogP contribution in [0.25, 0.3) is 0 Å². The molecule has 2 aromatic rings. The average Bonchev–Trinajstić information content (AvgIpc) is 3.42. The van der Waals surface area contributed by atoms with Crippen LogP contribution in [-0.4, -0.2) is 26.4 Å². The van der Waals surface area contributed by atoms with Crippen molar-refractivity contribution in [3.8, 4) is 6.07 Å². The summed E-state index contributed by atoms with van der Waals surface area (Å²) >= 11 is 3.00. The molecule has 1 N–H and O–H groups in total. The van der Waals surface area contributed by atoms with E-state index in [0.29, 0.717) is 28.9 Å². The molecule has 1 saturated carbocycles. The molecule has 1 fully saturated rings. The van der Waals surface area contributed by atoms with Crippen molar-refractivity contribution in [2.45, 2.75) is 96.7 Å². The van der Waals surface area contributed by atoms with Gasteiger partial charge in [-0.1, -0.05) is 77.1 Å². The summed E-state index contributed by atoms with van der Waals surface area (Å²) in [4.78, 5) is 14.2. The van der Waals surface area contributed by atoms with Crippen molar-refractivity contribution in [1.82, 2.24) is 14.8 Å². The van der Waals surface area contributed by atoms with Crippen LogP contribution in [0.4, 0.5) is 5.00 Å². The minimum Gasteiger partial charge on any atom is -0.316 e. The Labute approximate surface area is 224 Å². The maximum atomic E-state index is 12.9. The molecular formula is C28H39N5OS2. The standard InChI is InChI=1S/C28H39N5OS2/c1-5-14-33-24(15-19-10-8-7-9-11-19)31-32-27(33)35-18-25(34)30-26-22(17-29)21-13-12-20(16-23(21)36-26)28(3,4)6-2/h5,19-20H,1,6-16,18H2,2-4H3,(H,30,34). The first-order valence-corrected chi connectivity index (χ1v) is 15.2. The van der Waals surface area contributed by atoms with Gasteiger partial charge in [-0.05, 0) is 42.1 Å². The van der Waals surface area contributed by atoms with Crippen molar-refractivity contribution >= 4 is 34.0 Å². The molecule has 0 radical (unpaired) electrons. The van der Waals surface area contributed by atoms with Crippen LogP contribution >= 0.6 is 23.1 Å². The van der Waals surface area contributed by atoms with Crippen LogP contribution in [-0.2, 0) is 30.6 Å². The first kappa shape index (κ1) is 26.9. The predicted octanol–water partition coefficient (Wildman–Crippen LogP) is 6.79. The predicted molar refractivity (Wildman–Crippen MR) is 148 cm³/mol. The maximum Gasteiger partial charge on any atom is 0.235 e. The zero-order valence-electron chi connectivity index (χ0n) is 21.9. The molecule has 0 spiro atoms. The number of nitrogens with one attached hydrogen (secondary N) is 1. The molecule has 2 aromatic heterocycles. The summed E-state index contributed by atoms with van der Waals surface area (Å²) in [5.74, 6) is 2.40. The Morgan fingerprint density at radius 2 is 2.08 bits per heavy atom. The maximum absolute atomic E-state index is 12.9. The van der Waals surface area contributed by atoms with Crippen molar-refractivity contribution in [2.24, 2.45) is 17.3 Å². The summed E-state index contributed by atoms with van der Waals surface area (Å²) in [6.45, 7) is 11.5. The van der Waals surface area contributed by atoms with E-state index in [0.717, 1.165) is 48.6 Å². The number of allylic oxidation sites excluding steroid dienone is 1.